The quantitative estimate of drug-likeness (QED) is 0.640. The van der Waals surface area contributed by atoms with Gasteiger partial charge in [0, 0.05) is 6.54 Å². The lowest BCUT2D eigenvalue weighted by molar-refractivity contribution is 0.176. The summed E-state index contributed by atoms with van der Waals surface area (Å²) in [6.45, 7) is -0.284. The molecule has 13 heavy (non-hydrogen) atoms. The van der Waals surface area contributed by atoms with Crippen LogP contribution in [0.5, 0.6) is 5.75 Å². The molecule has 0 saturated heterocycles. The van der Waals surface area contributed by atoms with Crippen LogP contribution in [0, 0.1) is 11.6 Å². The number of aliphatic hydroxyl groups excluding tert-OH is 1. The van der Waals surface area contributed by atoms with Gasteiger partial charge in [0.25, 0.3) is 0 Å². The molecule has 1 aromatic carbocycles. The predicted molar refractivity (Wildman–Crippen MR) is 42.0 cm³/mol. The Bertz CT molecular complexity index is 317. The molecule has 0 aromatic heterocycles. The molecule has 0 aliphatic rings. The molecule has 0 heterocycles. The van der Waals surface area contributed by atoms with Crippen molar-refractivity contribution >= 4 is 0 Å². The third kappa shape index (κ3) is 1.76. The van der Waals surface area contributed by atoms with Gasteiger partial charge < -0.3 is 15.9 Å². The van der Waals surface area contributed by atoms with E-state index in [-0.39, 0.29) is 6.54 Å². The van der Waals surface area contributed by atoms with Crippen molar-refractivity contribution in [3.63, 3.8) is 0 Å². The second-order valence-corrected chi connectivity index (χ2v) is 2.54. The summed E-state index contributed by atoms with van der Waals surface area (Å²) in [5, 5.41) is 18.2. The molecule has 0 spiro atoms. The molecule has 1 aromatic rings. The summed E-state index contributed by atoms with van der Waals surface area (Å²) in [5.41, 5.74) is 4.54. The average molecular weight is 189 g/mol. The van der Waals surface area contributed by atoms with E-state index in [0.29, 0.717) is 0 Å². The first kappa shape index (κ1) is 9.88. The molecule has 5 heteroatoms. The van der Waals surface area contributed by atoms with E-state index >= 15 is 0 Å². The smallest absolute Gasteiger partial charge is 0.165 e. The third-order valence-corrected chi connectivity index (χ3v) is 1.67. The molecule has 1 rings (SSSR count). The Hall–Kier alpha value is -1.20. The molecule has 0 saturated carbocycles. The number of halogens is 2. The zero-order chi connectivity index (χ0) is 10.0. The monoisotopic (exact) mass is 189 g/mol. The van der Waals surface area contributed by atoms with Gasteiger partial charge in [0.15, 0.2) is 11.6 Å². The second kappa shape index (κ2) is 3.68. The van der Waals surface area contributed by atoms with E-state index in [1.807, 2.05) is 0 Å². The highest BCUT2D eigenvalue weighted by molar-refractivity contribution is 5.36. The molecule has 4 N–H and O–H groups in total. The van der Waals surface area contributed by atoms with Crippen molar-refractivity contribution in [3.8, 4) is 5.75 Å². The summed E-state index contributed by atoms with van der Waals surface area (Å²) in [6.07, 6.45) is -1.39. The minimum atomic E-state index is -1.39. The molecule has 72 valence electrons. The maximum Gasteiger partial charge on any atom is 0.165 e. The van der Waals surface area contributed by atoms with Crippen LogP contribution < -0.4 is 5.73 Å². The maximum atomic E-state index is 12.9. The summed E-state index contributed by atoms with van der Waals surface area (Å²) in [6, 6.07) is 1.60. The van der Waals surface area contributed by atoms with Crippen molar-refractivity contribution in [2.45, 2.75) is 6.10 Å². The standard InChI is InChI=1S/C8H9F2NO2/c9-4-1-2-5(10)8(13)7(4)6(12)3-11/h1-2,6,12-13H,3,11H2. The first-order valence-electron chi connectivity index (χ1n) is 3.63. The number of hydrogen-bond acceptors (Lipinski definition) is 3. The van der Waals surface area contributed by atoms with Crippen molar-refractivity contribution in [2.75, 3.05) is 6.54 Å². The van der Waals surface area contributed by atoms with Gasteiger partial charge in [-0.2, -0.15) is 0 Å². The van der Waals surface area contributed by atoms with Crippen molar-refractivity contribution < 1.29 is 19.0 Å². The van der Waals surface area contributed by atoms with Crippen LogP contribution in [0.1, 0.15) is 11.7 Å². The summed E-state index contributed by atoms with van der Waals surface area (Å²) in [4.78, 5) is 0. The van der Waals surface area contributed by atoms with E-state index < -0.39 is 29.1 Å². The number of benzene rings is 1. The summed E-state index contributed by atoms with van der Waals surface area (Å²) >= 11 is 0. The fourth-order valence-electron chi connectivity index (χ4n) is 0.992. The zero-order valence-electron chi connectivity index (χ0n) is 6.67. The molecular formula is C8H9F2NO2. The fraction of sp³-hybridized carbons (Fsp3) is 0.250. The van der Waals surface area contributed by atoms with Crippen LogP contribution in [0.15, 0.2) is 12.1 Å². The number of hydrogen-bond donors (Lipinski definition) is 3. The van der Waals surface area contributed by atoms with Crippen LogP contribution in [0.4, 0.5) is 8.78 Å². The topological polar surface area (TPSA) is 66.5 Å². The van der Waals surface area contributed by atoms with E-state index in [1.54, 1.807) is 0 Å². The van der Waals surface area contributed by atoms with E-state index in [4.69, 9.17) is 15.9 Å². The van der Waals surface area contributed by atoms with Crippen molar-refractivity contribution in [2.24, 2.45) is 5.73 Å². The Morgan fingerprint density at radius 3 is 2.38 bits per heavy atom. The van der Waals surface area contributed by atoms with Crippen molar-refractivity contribution in [3.05, 3.63) is 29.3 Å². The number of nitrogens with two attached hydrogens (primary N) is 1. The number of phenols is 1. The Morgan fingerprint density at radius 2 is 1.85 bits per heavy atom. The normalized spacial score (nSPS) is 12.9. The van der Waals surface area contributed by atoms with Gasteiger partial charge in [-0.05, 0) is 12.1 Å². The minimum Gasteiger partial charge on any atom is -0.504 e. The maximum absolute atomic E-state index is 12.9. The first-order chi connectivity index (χ1) is 6.07. The number of rotatable bonds is 2. The molecule has 0 aliphatic heterocycles. The van der Waals surface area contributed by atoms with E-state index in [9.17, 15) is 8.78 Å². The summed E-state index contributed by atoms with van der Waals surface area (Å²) in [5.74, 6) is -2.75. The third-order valence-electron chi connectivity index (χ3n) is 1.67. The van der Waals surface area contributed by atoms with Gasteiger partial charge >= 0.3 is 0 Å². The highest BCUT2D eigenvalue weighted by Crippen LogP contribution is 2.28. The van der Waals surface area contributed by atoms with Gasteiger partial charge in [-0.3, -0.25) is 0 Å². The minimum absolute atomic E-state index is 0.284. The Balaban J connectivity index is 3.25. The molecule has 0 bridgehead atoms. The average Bonchev–Trinajstić information content (AvgIpc) is 2.12. The van der Waals surface area contributed by atoms with Crippen LogP contribution in [0.3, 0.4) is 0 Å². The SMILES string of the molecule is NCC(O)c1c(F)ccc(F)c1O. The Kier molecular flexibility index (Phi) is 2.79. The molecular weight excluding hydrogens is 180 g/mol. The fourth-order valence-corrected chi connectivity index (χ4v) is 0.992. The molecule has 0 aliphatic carbocycles. The lowest BCUT2D eigenvalue weighted by Crippen LogP contribution is -2.13. The molecule has 0 fully saturated rings. The van der Waals surface area contributed by atoms with Crippen LogP contribution in [-0.2, 0) is 0 Å². The summed E-state index contributed by atoms with van der Waals surface area (Å²) < 4.78 is 25.6. The Morgan fingerprint density at radius 1 is 1.31 bits per heavy atom. The number of aromatic hydroxyl groups is 1. The number of aliphatic hydroxyl groups is 1. The van der Waals surface area contributed by atoms with E-state index in [0.717, 1.165) is 12.1 Å². The molecule has 1 atom stereocenters. The lowest BCUT2D eigenvalue weighted by Gasteiger charge is -2.11. The van der Waals surface area contributed by atoms with Gasteiger partial charge in [-0.15, -0.1) is 0 Å². The van der Waals surface area contributed by atoms with E-state index in [2.05, 4.69) is 0 Å². The van der Waals surface area contributed by atoms with Gasteiger partial charge in [0.1, 0.15) is 5.82 Å². The second-order valence-electron chi connectivity index (χ2n) is 2.54. The predicted octanol–water partition coefficient (Wildman–Crippen LogP) is 0.663. The van der Waals surface area contributed by atoms with E-state index in [1.165, 1.54) is 0 Å². The van der Waals surface area contributed by atoms with Crippen LogP contribution in [0.2, 0.25) is 0 Å². The largest absolute Gasteiger partial charge is 0.504 e. The number of phenolic OH excluding ortho intramolecular Hbond substituents is 1. The van der Waals surface area contributed by atoms with Gasteiger partial charge in [-0.1, -0.05) is 0 Å². The molecule has 1 unspecified atom stereocenters. The first-order valence-corrected chi connectivity index (χ1v) is 3.63. The molecule has 0 radical (unpaired) electrons. The zero-order valence-corrected chi connectivity index (χ0v) is 6.67. The Labute approximate surface area is 73.4 Å². The van der Waals surface area contributed by atoms with Gasteiger partial charge in [0.2, 0.25) is 0 Å². The van der Waals surface area contributed by atoms with Gasteiger partial charge in [0.05, 0.1) is 11.7 Å². The summed E-state index contributed by atoms with van der Waals surface area (Å²) in [7, 11) is 0. The highest BCUT2D eigenvalue weighted by atomic mass is 19.1. The molecule has 0 amide bonds. The molecule has 3 nitrogen and oxygen atoms in total. The van der Waals surface area contributed by atoms with Crippen LogP contribution in [0.25, 0.3) is 0 Å². The van der Waals surface area contributed by atoms with Crippen LogP contribution in [-0.4, -0.2) is 16.8 Å². The van der Waals surface area contributed by atoms with Crippen LogP contribution >= 0.6 is 0 Å². The van der Waals surface area contributed by atoms with Crippen molar-refractivity contribution in [1.29, 1.82) is 0 Å². The van der Waals surface area contributed by atoms with Gasteiger partial charge in [-0.25, -0.2) is 8.78 Å². The lowest BCUT2D eigenvalue weighted by atomic mass is 10.1. The highest BCUT2D eigenvalue weighted by Gasteiger charge is 2.18. The van der Waals surface area contributed by atoms with Crippen molar-refractivity contribution in [1.82, 2.24) is 0 Å².